The first kappa shape index (κ1) is 10.6. The summed E-state index contributed by atoms with van der Waals surface area (Å²) in [7, 11) is 0. The van der Waals surface area contributed by atoms with Crippen molar-refractivity contribution in [2.45, 2.75) is 31.6 Å². The van der Waals surface area contributed by atoms with Gasteiger partial charge in [0.05, 0.1) is 4.91 Å². The number of hydrogen-bond donors (Lipinski definition) is 1. The van der Waals surface area contributed by atoms with Crippen LogP contribution < -0.4 is 5.32 Å². The van der Waals surface area contributed by atoms with Gasteiger partial charge in [0.2, 0.25) is 5.92 Å². The molecule has 1 aliphatic carbocycles. The molecule has 2 fully saturated rings. The standard InChI is InChI=1S/C9H9F2NO2S/c10-9(11)3-1-5(2-4-9)6-7(13)12-8(14)15-6/h1-4H2,(H,12,13,14). The molecule has 3 nitrogen and oxygen atoms in total. The number of carbonyl (C=O) groups is 2. The summed E-state index contributed by atoms with van der Waals surface area (Å²) in [5.74, 6) is -3.06. The zero-order valence-corrected chi connectivity index (χ0v) is 8.63. The Morgan fingerprint density at radius 1 is 1.20 bits per heavy atom. The van der Waals surface area contributed by atoms with Crippen molar-refractivity contribution in [2.75, 3.05) is 0 Å². The minimum absolute atomic E-state index is 0.204. The van der Waals surface area contributed by atoms with Crippen LogP contribution in [0.3, 0.4) is 0 Å². The first-order valence-electron chi connectivity index (χ1n) is 4.61. The molecule has 0 atom stereocenters. The molecule has 0 aromatic heterocycles. The topological polar surface area (TPSA) is 46.2 Å². The first-order valence-corrected chi connectivity index (χ1v) is 5.43. The number of rotatable bonds is 0. The first-order chi connectivity index (χ1) is 6.98. The molecule has 1 saturated carbocycles. The fraction of sp³-hybridized carbons (Fsp3) is 0.556. The molecule has 1 aliphatic heterocycles. The molecule has 0 bridgehead atoms. The zero-order valence-electron chi connectivity index (χ0n) is 7.81. The Bertz CT molecular complexity index is 353. The van der Waals surface area contributed by atoms with Crippen molar-refractivity contribution in [3.05, 3.63) is 10.5 Å². The number of imide groups is 1. The van der Waals surface area contributed by atoms with E-state index in [1.54, 1.807) is 0 Å². The van der Waals surface area contributed by atoms with E-state index in [1.165, 1.54) is 0 Å². The molecule has 2 rings (SSSR count). The fourth-order valence-corrected chi connectivity index (χ4v) is 2.51. The quantitative estimate of drug-likeness (QED) is 0.653. The molecule has 0 spiro atoms. The summed E-state index contributed by atoms with van der Waals surface area (Å²) in [6.45, 7) is 0. The van der Waals surface area contributed by atoms with Crippen LogP contribution in [0.1, 0.15) is 25.7 Å². The summed E-state index contributed by atoms with van der Waals surface area (Å²) in [5.41, 5.74) is 0.689. The molecular weight excluding hydrogens is 224 g/mol. The van der Waals surface area contributed by atoms with E-state index >= 15 is 0 Å². The van der Waals surface area contributed by atoms with Gasteiger partial charge in [-0.05, 0) is 24.6 Å². The average Bonchev–Trinajstić information content (AvgIpc) is 2.45. The molecule has 0 radical (unpaired) electrons. The SMILES string of the molecule is O=C1NC(=O)C(=C2CCC(F)(F)CC2)S1. The van der Waals surface area contributed by atoms with Gasteiger partial charge in [-0.25, -0.2) is 8.78 Å². The Labute approximate surface area is 89.3 Å². The normalized spacial score (nSPS) is 25.7. The molecule has 82 valence electrons. The molecule has 0 unspecified atom stereocenters. The highest BCUT2D eigenvalue weighted by atomic mass is 32.2. The van der Waals surface area contributed by atoms with Crippen molar-refractivity contribution in [1.82, 2.24) is 5.32 Å². The van der Waals surface area contributed by atoms with Gasteiger partial charge in [0.15, 0.2) is 0 Å². The maximum Gasteiger partial charge on any atom is 0.290 e. The zero-order chi connectivity index (χ0) is 11.1. The third-order valence-corrected chi connectivity index (χ3v) is 3.49. The van der Waals surface area contributed by atoms with E-state index in [9.17, 15) is 18.4 Å². The van der Waals surface area contributed by atoms with E-state index in [1.807, 2.05) is 0 Å². The lowest BCUT2D eigenvalue weighted by atomic mass is 9.91. The van der Waals surface area contributed by atoms with Gasteiger partial charge >= 0.3 is 0 Å². The van der Waals surface area contributed by atoms with E-state index < -0.39 is 17.1 Å². The number of nitrogens with one attached hydrogen (secondary N) is 1. The Kier molecular flexibility index (Phi) is 2.54. The number of carbonyl (C=O) groups excluding carboxylic acids is 2. The number of thioether (sulfide) groups is 1. The minimum atomic E-state index is -2.62. The van der Waals surface area contributed by atoms with Crippen molar-refractivity contribution in [2.24, 2.45) is 0 Å². The van der Waals surface area contributed by atoms with Gasteiger partial charge in [-0.1, -0.05) is 5.57 Å². The maximum absolute atomic E-state index is 12.8. The Balaban J connectivity index is 2.15. The highest BCUT2D eigenvalue weighted by Gasteiger charge is 2.36. The molecule has 15 heavy (non-hydrogen) atoms. The highest BCUT2D eigenvalue weighted by molar-refractivity contribution is 8.18. The van der Waals surface area contributed by atoms with Crippen LogP contribution in [0, 0.1) is 0 Å². The van der Waals surface area contributed by atoms with Crippen LogP contribution >= 0.6 is 11.8 Å². The summed E-state index contributed by atoms with van der Waals surface area (Å²) in [6, 6.07) is 0. The molecule has 2 amide bonds. The van der Waals surface area contributed by atoms with Crippen LogP contribution in [0.2, 0.25) is 0 Å². The van der Waals surface area contributed by atoms with Gasteiger partial charge < -0.3 is 0 Å². The van der Waals surface area contributed by atoms with Crippen LogP contribution in [-0.4, -0.2) is 17.1 Å². The average molecular weight is 233 g/mol. The number of alkyl halides is 2. The Morgan fingerprint density at radius 2 is 1.80 bits per heavy atom. The summed E-state index contributed by atoms with van der Waals surface area (Å²) in [6.07, 6.45) is -0.0478. The smallest absolute Gasteiger partial charge is 0.282 e. The van der Waals surface area contributed by atoms with Crippen molar-refractivity contribution in [3.63, 3.8) is 0 Å². The van der Waals surface area contributed by atoms with Gasteiger partial charge in [-0.3, -0.25) is 14.9 Å². The van der Waals surface area contributed by atoms with Gasteiger partial charge in [-0.15, -0.1) is 0 Å². The molecule has 6 heteroatoms. The Hall–Kier alpha value is -0.910. The number of hydrogen-bond acceptors (Lipinski definition) is 3. The van der Waals surface area contributed by atoms with Gasteiger partial charge in [0.1, 0.15) is 0 Å². The van der Waals surface area contributed by atoms with Gasteiger partial charge in [0, 0.05) is 12.8 Å². The fourth-order valence-electron chi connectivity index (χ4n) is 1.69. The molecule has 0 aromatic rings. The predicted octanol–water partition coefficient (Wildman–Crippen LogP) is 2.43. The van der Waals surface area contributed by atoms with E-state index in [2.05, 4.69) is 5.32 Å². The lowest BCUT2D eigenvalue weighted by Gasteiger charge is -2.23. The molecule has 0 aromatic carbocycles. The van der Waals surface area contributed by atoms with E-state index in [-0.39, 0.29) is 25.7 Å². The second-order valence-corrected chi connectivity index (χ2v) is 4.62. The minimum Gasteiger partial charge on any atom is -0.282 e. The molecular formula is C9H9F2NO2S. The van der Waals surface area contributed by atoms with E-state index in [4.69, 9.17) is 0 Å². The van der Waals surface area contributed by atoms with E-state index in [0.717, 1.165) is 11.8 Å². The van der Waals surface area contributed by atoms with Crippen LogP contribution in [0.25, 0.3) is 0 Å². The third kappa shape index (κ3) is 2.19. The molecule has 1 heterocycles. The Morgan fingerprint density at radius 3 is 2.27 bits per heavy atom. The molecule has 1 saturated heterocycles. The van der Waals surface area contributed by atoms with Crippen LogP contribution in [0.4, 0.5) is 13.6 Å². The second kappa shape index (κ2) is 3.59. The highest BCUT2D eigenvalue weighted by Crippen LogP contribution is 2.40. The van der Waals surface area contributed by atoms with Crippen molar-refractivity contribution in [3.8, 4) is 0 Å². The third-order valence-electron chi connectivity index (χ3n) is 2.52. The number of amides is 2. The van der Waals surface area contributed by atoms with Crippen LogP contribution in [-0.2, 0) is 4.79 Å². The second-order valence-electron chi connectivity index (χ2n) is 3.63. The van der Waals surface area contributed by atoms with Crippen molar-refractivity contribution in [1.29, 1.82) is 0 Å². The predicted molar refractivity (Wildman–Crippen MR) is 51.6 cm³/mol. The summed E-state index contributed by atoms with van der Waals surface area (Å²) >= 11 is 0.815. The molecule has 2 aliphatic rings. The van der Waals surface area contributed by atoms with Crippen molar-refractivity contribution >= 4 is 22.9 Å². The largest absolute Gasteiger partial charge is 0.290 e. The lowest BCUT2D eigenvalue weighted by Crippen LogP contribution is -2.23. The summed E-state index contributed by atoms with van der Waals surface area (Å²) < 4.78 is 25.7. The summed E-state index contributed by atoms with van der Waals surface area (Å²) in [4.78, 5) is 22.5. The maximum atomic E-state index is 12.8. The monoisotopic (exact) mass is 233 g/mol. The lowest BCUT2D eigenvalue weighted by molar-refractivity contribution is -0.115. The summed E-state index contributed by atoms with van der Waals surface area (Å²) in [5, 5.41) is 1.71. The van der Waals surface area contributed by atoms with Crippen LogP contribution in [0.5, 0.6) is 0 Å². The van der Waals surface area contributed by atoms with Gasteiger partial charge in [0.25, 0.3) is 11.1 Å². The van der Waals surface area contributed by atoms with Gasteiger partial charge in [-0.2, -0.15) is 0 Å². The molecule has 1 N–H and O–H groups in total. The number of allylic oxidation sites excluding steroid dienone is 1. The van der Waals surface area contributed by atoms with E-state index in [0.29, 0.717) is 10.5 Å². The number of halogens is 2. The van der Waals surface area contributed by atoms with Crippen LogP contribution in [0.15, 0.2) is 10.5 Å². The van der Waals surface area contributed by atoms with Crippen molar-refractivity contribution < 1.29 is 18.4 Å².